The summed E-state index contributed by atoms with van der Waals surface area (Å²) < 4.78 is 5.00. The lowest BCUT2D eigenvalue weighted by molar-refractivity contribution is 0.105. The van der Waals surface area contributed by atoms with Gasteiger partial charge in [0.25, 0.3) is 10.9 Å². The number of rotatable bonds is 6. The Labute approximate surface area is 158 Å². The first-order valence-electron chi connectivity index (χ1n) is 9.30. The van der Waals surface area contributed by atoms with Gasteiger partial charge in [-0.2, -0.15) is 0 Å². The molecule has 7 nitrogen and oxygen atoms in total. The third kappa shape index (κ3) is 4.13. The molecule has 0 bridgehead atoms. The van der Waals surface area contributed by atoms with Crippen molar-refractivity contribution < 1.29 is 9.53 Å². The van der Waals surface area contributed by atoms with Crippen LogP contribution in [0.3, 0.4) is 0 Å². The van der Waals surface area contributed by atoms with E-state index in [0.717, 1.165) is 6.42 Å². The molecule has 0 aliphatic carbocycles. The van der Waals surface area contributed by atoms with E-state index in [1.165, 1.54) is 11.1 Å². The van der Waals surface area contributed by atoms with Gasteiger partial charge in [0.05, 0.1) is 6.61 Å². The number of amides is 1. The van der Waals surface area contributed by atoms with Gasteiger partial charge in [0.1, 0.15) is 11.4 Å². The molecule has 2 aromatic rings. The average Bonchev–Trinajstić information content (AvgIpc) is 2.67. The average molecular weight is 371 g/mol. The highest BCUT2D eigenvalue weighted by Gasteiger charge is 2.29. The molecule has 1 saturated heterocycles. The molecular weight excluding hydrogens is 346 g/mol. The van der Waals surface area contributed by atoms with Crippen LogP contribution in [0.15, 0.2) is 33.9 Å². The van der Waals surface area contributed by atoms with Crippen LogP contribution in [0, 0.1) is 6.92 Å². The van der Waals surface area contributed by atoms with Crippen molar-refractivity contribution in [2.75, 3.05) is 49.5 Å². The summed E-state index contributed by atoms with van der Waals surface area (Å²) in [7, 11) is 0. The fourth-order valence-corrected chi connectivity index (χ4v) is 3.37. The van der Waals surface area contributed by atoms with Gasteiger partial charge >= 0.3 is 6.09 Å². The largest absolute Gasteiger partial charge is 0.450 e. The van der Waals surface area contributed by atoms with Gasteiger partial charge in [-0.15, -0.1) is 0 Å². The molecular formula is C20H25N3O4. The van der Waals surface area contributed by atoms with Crippen molar-refractivity contribution >= 4 is 17.5 Å². The van der Waals surface area contributed by atoms with E-state index >= 15 is 0 Å². The number of hydrogen-bond acceptors (Lipinski definition) is 6. The summed E-state index contributed by atoms with van der Waals surface area (Å²) in [5.41, 5.74) is 2.33. The summed E-state index contributed by atoms with van der Waals surface area (Å²) in [5, 5.41) is 3.13. The van der Waals surface area contributed by atoms with E-state index < -0.39 is 10.9 Å². The van der Waals surface area contributed by atoms with Crippen LogP contribution in [0.2, 0.25) is 0 Å². The summed E-state index contributed by atoms with van der Waals surface area (Å²) in [6.45, 7) is 6.71. The number of hydrogen-bond donors (Lipinski definition) is 1. The second kappa shape index (κ2) is 8.24. The Morgan fingerprint density at radius 1 is 1.15 bits per heavy atom. The lowest BCUT2D eigenvalue weighted by Gasteiger charge is -2.36. The number of carbonyl (C=O) groups excluding carboxylic acids is 1. The van der Waals surface area contributed by atoms with Crippen molar-refractivity contribution in [3.63, 3.8) is 0 Å². The van der Waals surface area contributed by atoms with Crippen LogP contribution in [0.25, 0.3) is 0 Å². The standard InChI is InChI=1S/C20H25N3O4/c1-3-27-20(26)23-11-9-22(10-12-23)17-16(18(24)19(17)25)21-8-7-15-6-4-5-14(2)13-15/h4-6,13,21H,3,7-12H2,1-2H3. The predicted octanol–water partition coefficient (Wildman–Crippen LogP) is 1.52. The van der Waals surface area contributed by atoms with Crippen molar-refractivity contribution in [3.8, 4) is 0 Å². The molecule has 0 aromatic heterocycles. The number of piperazine rings is 1. The molecule has 0 unspecified atom stereocenters. The lowest BCUT2D eigenvalue weighted by Crippen LogP contribution is -2.53. The number of nitrogens with zero attached hydrogens (tertiary/aromatic N) is 2. The summed E-state index contributed by atoms with van der Waals surface area (Å²) in [5.74, 6) is 0. The number of carbonyl (C=O) groups is 1. The molecule has 2 aromatic carbocycles. The van der Waals surface area contributed by atoms with E-state index in [9.17, 15) is 14.4 Å². The van der Waals surface area contributed by atoms with E-state index in [2.05, 4.69) is 11.4 Å². The zero-order valence-electron chi connectivity index (χ0n) is 15.8. The van der Waals surface area contributed by atoms with Crippen molar-refractivity contribution in [2.45, 2.75) is 20.3 Å². The molecule has 7 heteroatoms. The fourth-order valence-electron chi connectivity index (χ4n) is 3.37. The molecule has 0 saturated carbocycles. The molecule has 1 N–H and O–H groups in total. The van der Waals surface area contributed by atoms with Gasteiger partial charge in [-0.1, -0.05) is 29.8 Å². The zero-order chi connectivity index (χ0) is 19.4. The van der Waals surface area contributed by atoms with Crippen LogP contribution in [-0.4, -0.2) is 50.3 Å². The Morgan fingerprint density at radius 2 is 1.89 bits per heavy atom. The smallest absolute Gasteiger partial charge is 0.409 e. The third-order valence-corrected chi connectivity index (χ3v) is 4.81. The van der Waals surface area contributed by atoms with Crippen LogP contribution in [0.4, 0.5) is 16.2 Å². The molecule has 1 heterocycles. The SMILES string of the molecule is CCOC(=O)N1CCN(c2c(NCCc3cccc(C)c3)c(=O)c2=O)CC1. The first kappa shape index (κ1) is 18.9. The molecule has 0 atom stereocenters. The molecule has 1 amide bonds. The van der Waals surface area contributed by atoms with Gasteiger partial charge in [0.2, 0.25) is 0 Å². The molecule has 1 aliphatic heterocycles. The number of aryl methyl sites for hydroxylation is 1. The highest BCUT2D eigenvalue weighted by molar-refractivity contribution is 5.76. The van der Waals surface area contributed by atoms with Gasteiger partial charge < -0.3 is 19.9 Å². The van der Waals surface area contributed by atoms with Gasteiger partial charge in [-0.05, 0) is 25.8 Å². The van der Waals surface area contributed by atoms with Gasteiger partial charge in [-0.25, -0.2) is 4.79 Å². The summed E-state index contributed by atoms with van der Waals surface area (Å²) >= 11 is 0. The van der Waals surface area contributed by atoms with Crippen LogP contribution >= 0.6 is 0 Å². The number of anilines is 2. The van der Waals surface area contributed by atoms with Crippen LogP contribution in [0.5, 0.6) is 0 Å². The maximum atomic E-state index is 12.1. The summed E-state index contributed by atoms with van der Waals surface area (Å²) in [6, 6.07) is 8.21. The van der Waals surface area contributed by atoms with Crippen LogP contribution < -0.4 is 21.1 Å². The molecule has 144 valence electrons. The van der Waals surface area contributed by atoms with E-state index in [0.29, 0.717) is 50.7 Å². The topological polar surface area (TPSA) is 79.0 Å². The maximum Gasteiger partial charge on any atom is 0.409 e. The first-order valence-corrected chi connectivity index (χ1v) is 9.30. The maximum absolute atomic E-state index is 12.1. The number of ether oxygens (including phenoxy) is 1. The Kier molecular flexibility index (Phi) is 5.78. The fraction of sp³-hybridized carbons (Fsp3) is 0.450. The number of nitrogens with one attached hydrogen (secondary N) is 1. The monoisotopic (exact) mass is 371 g/mol. The Bertz CT molecular complexity index is 878. The molecule has 1 aliphatic rings. The van der Waals surface area contributed by atoms with Crippen molar-refractivity contribution in [2.24, 2.45) is 0 Å². The van der Waals surface area contributed by atoms with Gasteiger partial charge in [0.15, 0.2) is 0 Å². The third-order valence-electron chi connectivity index (χ3n) is 4.81. The minimum absolute atomic E-state index is 0.335. The van der Waals surface area contributed by atoms with Crippen LogP contribution in [-0.2, 0) is 11.2 Å². The quantitative estimate of drug-likeness (QED) is 0.776. The first-order chi connectivity index (χ1) is 13.0. The van der Waals surface area contributed by atoms with Gasteiger partial charge in [0, 0.05) is 32.7 Å². The molecule has 0 spiro atoms. The predicted molar refractivity (Wildman–Crippen MR) is 106 cm³/mol. The minimum atomic E-state index is -0.456. The Morgan fingerprint density at radius 3 is 2.56 bits per heavy atom. The van der Waals surface area contributed by atoms with Gasteiger partial charge in [-0.3, -0.25) is 9.59 Å². The highest BCUT2D eigenvalue weighted by atomic mass is 16.6. The van der Waals surface area contributed by atoms with Crippen molar-refractivity contribution in [1.82, 2.24) is 4.90 Å². The van der Waals surface area contributed by atoms with Crippen molar-refractivity contribution in [3.05, 3.63) is 55.8 Å². The molecule has 0 radical (unpaired) electrons. The van der Waals surface area contributed by atoms with E-state index in [-0.39, 0.29) is 6.09 Å². The summed E-state index contributed by atoms with van der Waals surface area (Å²) in [4.78, 5) is 39.3. The molecule has 27 heavy (non-hydrogen) atoms. The minimum Gasteiger partial charge on any atom is -0.450 e. The molecule has 3 rings (SSSR count). The second-order valence-corrected chi connectivity index (χ2v) is 6.72. The Balaban J connectivity index is 1.58. The Hall–Kier alpha value is -2.83. The van der Waals surface area contributed by atoms with Crippen molar-refractivity contribution in [1.29, 1.82) is 0 Å². The molecule has 1 fully saturated rings. The second-order valence-electron chi connectivity index (χ2n) is 6.72. The summed E-state index contributed by atoms with van der Waals surface area (Å²) in [6.07, 6.45) is 0.440. The lowest BCUT2D eigenvalue weighted by atomic mass is 10.1. The highest BCUT2D eigenvalue weighted by Crippen LogP contribution is 2.22. The van der Waals surface area contributed by atoms with E-state index in [4.69, 9.17) is 4.74 Å². The van der Waals surface area contributed by atoms with E-state index in [1.807, 2.05) is 30.0 Å². The van der Waals surface area contributed by atoms with Crippen LogP contribution in [0.1, 0.15) is 18.1 Å². The van der Waals surface area contributed by atoms with E-state index in [1.54, 1.807) is 11.8 Å². The number of benzene rings is 1. The normalized spacial score (nSPS) is 14.4. The zero-order valence-corrected chi connectivity index (χ0v) is 15.8.